The third-order valence-corrected chi connectivity index (χ3v) is 6.04. The van der Waals surface area contributed by atoms with E-state index in [-0.39, 0.29) is 12.5 Å². The van der Waals surface area contributed by atoms with Gasteiger partial charge in [0.2, 0.25) is 10.0 Å². The number of nitrogen functional groups attached to an aromatic ring is 1. The second kappa shape index (κ2) is 5.71. The summed E-state index contributed by atoms with van der Waals surface area (Å²) in [4.78, 5) is 0.305. The second-order valence-corrected chi connectivity index (χ2v) is 7.40. The lowest BCUT2D eigenvalue weighted by atomic mass is 10.1. The van der Waals surface area contributed by atoms with Gasteiger partial charge in [-0.3, -0.25) is 0 Å². The second-order valence-electron chi connectivity index (χ2n) is 5.49. The molecule has 0 saturated carbocycles. The summed E-state index contributed by atoms with van der Waals surface area (Å²) in [6.45, 7) is 4.78. The molecule has 0 spiro atoms. The van der Waals surface area contributed by atoms with E-state index in [0.717, 1.165) is 17.5 Å². The number of rotatable bonds is 4. The molecule has 112 valence electrons. The van der Waals surface area contributed by atoms with Gasteiger partial charge in [0.1, 0.15) is 0 Å². The van der Waals surface area contributed by atoms with Gasteiger partial charge in [0.15, 0.2) is 0 Å². The third-order valence-electron chi connectivity index (χ3n) is 4.05. The number of hydrogen-bond acceptors (Lipinski definition) is 4. The summed E-state index contributed by atoms with van der Waals surface area (Å²) in [7, 11) is -3.49. The van der Waals surface area contributed by atoms with Gasteiger partial charge in [-0.15, -0.1) is 0 Å². The number of benzene rings is 1. The molecule has 1 aliphatic heterocycles. The molecule has 0 bridgehead atoms. The quantitative estimate of drug-likeness (QED) is 0.820. The molecule has 1 aromatic rings. The fourth-order valence-electron chi connectivity index (χ4n) is 2.69. The van der Waals surface area contributed by atoms with E-state index < -0.39 is 10.0 Å². The van der Waals surface area contributed by atoms with Crippen molar-refractivity contribution >= 4 is 15.7 Å². The molecule has 1 aliphatic rings. The van der Waals surface area contributed by atoms with Gasteiger partial charge in [-0.25, -0.2) is 8.42 Å². The van der Waals surface area contributed by atoms with Gasteiger partial charge in [0.05, 0.1) is 4.90 Å². The lowest BCUT2D eigenvalue weighted by Gasteiger charge is -2.19. The van der Waals surface area contributed by atoms with Gasteiger partial charge >= 0.3 is 0 Å². The standard InChI is InChI=1S/C14H22N2O3S/c1-10-7-13(15)8-14(11(10)2)20(18,19)16-5-3-12(9-16)4-6-17/h7-8,12,17H,3-6,9,15H2,1-2H3. The number of nitrogens with zero attached hydrogens (tertiary/aromatic N) is 1. The van der Waals surface area contributed by atoms with Crippen molar-refractivity contribution in [2.24, 2.45) is 5.92 Å². The lowest BCUT2D eigenvalue weighted by molar-refractivity contribution is 0.259. The molecule has 0 amide bonds. The molecule has 2 rings (SSSR count). The van der Waals surface area contributed by atoms with Crippen LogP contribution in [0.5, 0.6) is 0 Å². The molecule has 1 heterocycles. The number of nitrogens with two attached hydrogens (primary N) is 1. The van der Waals surface area contributed by atoms with Gasteiger partial charge in [0.25, 0.3) is 0 Å². The number of aliphatic hydroxyl groups excluding tert-OH is 1. The van der Waals surface area contributed by atoms with E-state index in [2.05, 4.69) is 0 Å². The number of hydrogen-bond donors (Lipinski definition) is 2. The highest BCUT2D eigenvalue weighted by Crippen LogP contribution is 2.29. The van der Waals surface area contributed by atoms with E-state index in [4.69, 9.17) is 10.8 Å². The highest BCUT2D eigenvalue weighted by atomic mass is 32.2. The van der Waals surface area contributed by atoms with Crippen LogP contribution in [0.25, 0.3) is 0 Å². The van der Waals surface area contributed by atoms with Crippen LogP contribution in [0.1, 0.15) is 24.0 Å². The fourth-order valence-corrected chi connectivity index (χ4v) is 4.56. The molecule has 1 saturated heterocycles. The van der Waals surface area contributed by atoms with Crippen molar-refractivity contribution in [3.8, 4) is 0 Å². The van der Waals surface area contributed by atoms with E-state index in [1.165, 1.54) is 10.4 Å². The van der Waals surface area contributed by atoms with Crippen LogP contribution >= 0.6 is 0 Å². The molecule has 1 fully saturated rings. The van der Waals surface area contributed by atoms with Crippen molar-refractivity contribution in [1.82, 2.24) is 4.31 Å². The Kier molecular flexibility index (Phi) is 4.36. The Morgan fingerprint density at radius 2 is 2.10 bits per heavy atom. The average molecular weight is 298 g/mol. The first-order chi connectivity index (χ1) is 9.36. The van der Waals surface area contributed by atoms with Crippen molar-refractivity contribution < 1.29 is 13.5 Å². The molecule has 1 unspecified atom stereocenters. The third kappa shape index (κ3) is 2.82. The number of anilines is 1. The molecular weight excluding hydrogens is 276 g/mol. The number of aliphatic hydroxyl groups is 1. The highest BCUT2D eigenvalue weighted by molar-refractivity contribution is 7.89. The smallest absolute Gasteiger partial charge is 0.243 e. The van der Waals surface area contributed by atoms with Crippen LogP contribution in [-0.2, 0) is 10.0 Å². The molecule has 1 aromatic carbocycles. The van der Waals surface area contributed by atoms with Crippen LogP contribution in [0.3, 0.4) is 0 Å². The first kappa shape index (κ1) is 15.3. The van der Waals surface area contributed by atoms with Gasteiger partial charge < -0.3 is 10.8 Å². The first-order valence-corrected chi connectivity index (χ1v) is 8.28. The molecule has 6 heteroatoms. The Morgan fingerprint density at radius 1 is 1.40 bits per heavy atom. The van der Waals surface area contributed by atoms with Crippen LogP contribution < -0.4 is 5.73 Å². The Morgan fingerprint density at radius 3 is 2.75 bits per heavy atom. The van der Waals surface area contributed by atoms with Crippen molar-refractivity contribution in [2.75, 3.05) is 25.4 Å². The molecular formula is C14H22N2O3S. The van der Waals surface area contributed by atoms with Crippen LogP contribution in [0.4, 0.5) is 5.69 Å². The number of aryl methyl sites for hydroxylation is 1. The highest BCUT2D eigenvalue weighted by Gasteiger charge is 2.33. The summed E-state index contributed by atoms with van der Waals surface area (Å²) in [6, 6.07) is 3.32. The Hall–Kier alpha value is -1.11. The first-order valence-electron chi connectivity index (χ1n) is 6.84. The Balaban J connectivity index is 2.32. The van der Waals surface area contributed by atoms with E-state index in [1.807, 2.05) is 13.8 Å². The molecule has 5 nitrogen and oxygen atoms in total. The van der Waals surface area contributed by atoms with Crippen LogP contribution in [-0.4, -0.2) is 37.5 Å². The fraction of sp³-hybridized carbons (Fsp3) is 0.571. The monoisotopic (exact) mass is 298 g/mol. The minimum Gasteiger partial charge on any atom is -0.399 e. The summed E-state index contributed by atoms with van der Waals surface area (Å²) in [6.07, 6.45) is 1.46. The van der Waals surface area contributed by atoms with Gasteiger partial charge in [-0.1, -0.05) is 0 Å². The van der Waals surface area contributed by atoms with Gasteiger partial charge in [-0.2, -0.15) is 4.31 Å². The Labute approximate surface area is 120 Å². The Bertz CT molecular complexity index is 599. The maximum atomic E-state index is 12.7. The SMILES string of the molecule is Cc1cc(N)cc(S(=O)(=O)N2CCC(CCO)C2)c1C. The summed E-state index contributed by atoms with van der Waals surface area (Å²) in [5, 5.41) is 8.97. The summed E-state index contributed by atoms with van der Waals surface area (Å²) < 4.78 is 26.9. The van der Waals surface area contributed by atoms with Gasteiger partial charge in [-0.05, 0) is 55.9 Å². The minimum atomic E-state index is -3.49. The lowest BCUT2D eigenvalue weighted by Crippen LogP contribution is -2.29. The normalized spacial score (nSPS) is 20.4. The predicted molar refractivity (Wildman–Crippen MR) is 78.9 cm³/mol. The average Bonchev–Trinajstić information content (AvgIpc) is 2.83. The maximum Gasteiger partial charge on any atom is 0.243 e. The topological polar surface area (TPSA) is 83.6 Å². The summed E-state index contributed by atoms with van der Waals surface area (Å²) in [5.74, 6) is 0.247. The van der Waals surface area contributed by atoms with E-state index in [1.54, 1.807) is 6.07 Å². The molecule has 0 aromatic heterocycles. The maximum absolute atomic E-state index is 12.7. The molecule has 20 heavy (non-hydrogen) atoms. The predicted octanol–water partition coefficient (Wildman–Crippen LogP) is 1.28. The largest absolute Gasteiger partial charge is 0.399 e. The van der Waals surface area contributed by atoms with Crippen molar-refractivity contribution in [3.05, 3.63) is 23.3 Å². The van der Waals surface area contributed by atoms with Crippen molar-refractivity contribution in [3.63, 3.8) is 0 Å². The zero-order valence-corrected chi connectivity index (χ0v) is 12.8. The zero-order valence-electron chi connectivity index (χ0n) is 12.0. The van der Waals surface area contributed by atoms with Gasteiger partial charge in [0, 0.05) is 25.4 Å². The van der Waals surface area contributed by atoms with E-state index in [0.29, 0.717) is 30.1 Å². The zero-order chi connectivity index (χ0) is 14.9. The van der Waals surface area contributed by atoms with Crippen LogP contribution in [0.2, 0.25) is 0 Å². The summed E-state index contributed by atoms with van der Waals surface area (Å²) in [5.41, 5.74) is 7.89. The molecule has 1 atom stereocenters. The number of sulfonamides is 1. The van der Waals surface area contributed by atoms with E-state index >= 15 is 0 Å². The van der Waals surface area contributed by atoms with Crippen LogP contribution in [0.15, 0.2) is 17.0 Å². The van der Waals surface area contributed by atoms with Crippen LogP contribution in [0, 0.1) is 19.8 Å². The summed E-state index contributed by atoms with van der Waals surface area (Å²) >= 11 is 0. The van der Waals surface area contributed by atoms with Crippen molar-refractivity contribution in [1.29, 1.82) is 0 Å². The van der Waals surface area contributed by atoms with E-state index in [9.17, 15) is 8.42 Å². The minimum absolute atomic E-state index is 0.106. The molecule has 0 radical (unpaired) electrons. The molecule has 0 aliphatic carbocycles. The molecule has 3 N–H and O–H groups in total. The van der Waals surface area contributed by atoms with Crippen molar-refractivity contribution in [2.45, 2.75) is 31.6 Å².